The van der Waals surface area contributed by atoms with Gasteiger partial charge in [0.1, 0.15) is 5.71 Å². The molecule has 0 aliphatic carbocycles. The van der Waals surface area contributed by atoms with Crippen LogP contribution in [0.3, 0.4) is 0 Å². The number of methoxy groups -OCH3 is 1. The highest BCUT2D eigenvalue weighted by Gasteiger charge is 2.26. The molecule has 0 unspecified atom stereocenters. The first-order valence-electron chi connectivity index (χ1n) is 8.55. The van der Waals surface area contributed by atoms with Gasteiger partial charge in [0.05, 0.1) is 23.4 Å². The van der Waals surface area contributed by atoms with E-state index in [4.69, 9.17) is 11.6 Å². The molecule has 144 valence electrons. The maximum absolute atomic E-state index is 12.6. The summed E-state index contributed by atoms with van der Waals surface area (Å²) in [5.74, 6) is -1.24. The molecule has 0 saturated heterocycles. The minimum absolute atomic E-state index is 0.143. The zero-order valence-electron chi connectivity index (χ0n) is 15.4. The third-order valence-electron chi connectivity index (χ3n) is 4.17. The molecule has 0 aromatic heterocycles. The maximum Gasteiger partial charge on any atom is 0.339 e. The minimum atomic E-state index is -0.604. The van der Waals surface area contributed by atoms with E-state index in [2.05, 4.69) is 15.2 Å². The Hall–Kier alpha value is -3.19. The topological polar surface area (TPSA) is 88.1 Å². The van der Waals surface area contributed by atoms with E-state index in [9.17, 15) is 14.4 Å². The van der Waals surface area contributed by atoms with Crippen LogP contribution in [-0.4, -0.2) is 30.6 Å². The number of nitrogens with zero attached hydrogens (tertiary/aromatic N) is 2. The van der Waals surface area contributed by atoms with Gasteiger partial charge in [-0.1, -0.05) is 23.7 Å². The van der Waals surface area contributed by atoms with Crippen molar-refractivity contribution in [2.75, 3.05) is 17.4 Å². The van der Waals surface area contributed by atoms with E-state index >= 15 is 0 Å². The molecule has 2 amide bonds. The summed E-state index contributed by atoms with van der Waals surface area (Å²) in [5, 5.41) is 8.38. The Morgan fingerprint density at radius 2 is 1.96 bits per heavy atom. The third-order valence-corrected chi connectivity index (χ3v) is 4.50. The quantitative estimate of drug-likeness (QED) is 0.796. The second-order valence-electron chi connectivity index (χ2n) is 6.23. The highest BCUT2D eigenvalue weighted by atomic mass is 35.5. The van der Waals surface area contributed by atoms with Gasteiger partial charge in [0.15, 0.2) is 0 Å². The predicted octanol–water partition coefficient (Wildman–Crippen LogP) is 3.56. The number of halogens is 1. The number of carbonyl (C=O) groups excluding carboxylic acids is 3. The number of hydrogen-bond donors (Lipinski definition) is 1. The van der Waals surface area contributed by atoms with E-state index in [-0.39, 0.29) is 35.0 Å². The highest BCUT2D eigenvalue weighted by molar-refractivity contribution is 6.44. The number of rotatable bonds is 4. The molecular formula is C20H18ClN3O4. The van der Waals surface area contributed by atoms with Gasteiger partial charge in [-0.2, -0.15) is 5.10 Å². The molecular weight excluding hydrogens is 382 g/mol. The molecule has 0 bridgehead atoms. The van der Waals surface area contributed by atoms with Crippen molar-refractivity contribution >= 4 is 46.5 Å². The van der Waals surface area contributed by atoms with Crippen LogP contribution in [0.2, 0.25) is 5.02 Å². The van der Waals surface area contributed by atoms with Crippen LogP contribution in [0.4, 0.5) is 11.4 Å². The lowest BCUT2D eigenvalue weighted by Gasteiger charge is -2.23. The smallest absolute Gasteiger partial charge is 0.339 e. The monoisotopic (exact) mass is 399 g/mol. The highest BCUT2D eigenvalue weighted by Crippen LogP contribution is 2.23. The first kappa shape index (κ1) is 19.6. The van der Waals surface area contributed by atoms with Gasteiger partial charge in [0.25, 0.3) is 5.91 Å². The molecule has 1 aliphatic heterocycles. The molecule has 1 heterocycles. The SMILES string of the molecule is COC(=O)c1cc(NC(=O)C2=NN(c3cccc(C)c3)C(=O)CC2)ccc1Cl. The van der Waals surface area contributed by atoms with Crippen LogP contribution < -0.4 is 10.3 Å². The molecule has 0 radical (unpaired) electrons. The molecule has 1 aliphatic rings. The summed E-state index contributed by atoms with van der Waals surface area (Å²) in [6.07, 6.45) is 0.401. The summed E-state index contributed by atoms with van der Waals surface area (Å²) in [7, 11) is 1.25. The molecule has 1 N–H and O–H groups in total. The van der Waals surface area contributed by atoms with Crippen LogP contribution in [0.25, 0.3) is 0 Å². The summed E-state index contributed by atoms with van der Waals surface area (Å²) in [6, 6.07) is 11.8. The van der Waals surface area contributed by atoms with Crippen LogP contribution in [0, 0.1) is 6.92 Å². The van der Waals surface area contributed by atoms with Gasteiger partial charge in [0, 0.05) is 18.5 Å². The molecule has 3 rings (SSSR count). The number of hydrogen-bond acceptors (Lipinski definition) is 5. The molecule has 2 aromatic carbocycles. The number of hydrazone groups is 1. The Balaban J connectivity index is 1.83. The zero-order valence-corrected chi connectivity index (χ0v) is 16.1. The Bertz CT molecular complexity index is 987. The molecule has 0 atom stereocenters. The van der Waals surface area contributed by atoms with Crippen LogP contribution >= 0.6 is 11.6 Å². The predicted molar refractivity (Wildman–Crippen MR) is 107 cm³/mol. The first-order chi connectivity index (χ1) is 13.4. The van der Waals surface area contributed by atoms with Crippen LogP contribution in [0.15, 0.2) is 47.6 Å². The number of nitrogens with one attached hydrogen (secondary N) is 1. The molecule has 2 aromatic rings. The van der Waals surface area contributed by atoms with Crippen molar-refractivity contribution in [3.63, 3.8) is 0 Å². The van der Waals surface area contributed by atoms with Gasteiger partial charge in [-0.05, 0) is 42.8 Å². The molecule has 0 spiro atoms. The summed E-state index contributed by atoms with van der Waals surface area (Å²) in [5.41, 5.74) is 2.32. The lowest BCUT2D eigenvalue weighted by molar-refractivity contribution is -0.118. The van der Waals surface area contributed by atoms with Crippen LogP contribution in [0.5, 0.6) is 0 Å². The van der Waals surface area contributed by atoms with E-state index in [1.807, 2.05) is 25.1 Å². The molecule has 8 heteroatoms. The summed E-state index contributed by atoms with van der Waals surface area (Å²) < 4.78 is 4.67. The van der Waals surface area contributed by atoms with E-state index in [0.29, 0.717) is 11.4 Å². The Labute approximate surface area is 166 Å². The molecule has 28 heavy (non-hydrogen) atoms. The fraction of sp³-hybridized carbons (Fsp3) is 0.200. The lowest BCUT2D eigenvalue weighted by atomic mass is 10.1. The molecule has 0 fully saturated rings. The van der Waals surface area contributed by atoms with Crippen molar-refractivity contribution in [2.24, 2.45) is 5.10 Å². The van der Waals surface area contributed by atoms with E-state index in [1.165, 1.54) is 24.3 Å². The second kappa shape index (κ2) is 8.22. The standard InChI is InChI=1S/C20H18ClN3O4/c1-12-4-3-5-14(10-12)24-18(25)9-8-17(23-24)19(26)22-13-6-7-16(21)15(11-13)20(27)28-2/h3-7,10-11H,8-9H2,1-2H3,(H,22,26). The average Bonchev–Trinajstić information content (AvgIpc) is 2.69. The van der Waals surface area contributed by atoms with Crippen molar-refractivity contribution in [2.45, 2.75) is 19.8 Å². The summed E-state index contributed by atoms with van der Waals surface area (Å²) >= 11 is 5.99. The number of carbonyl (C=O) groups is 3. The van der Waals surface area contributed by atoms with Crippen molar-refractivity contribution in [1.29, 1.82) is 0 Å². The number of esters is 1. The maximum atomic E-state index is 12.6. The van der Waals surface area contributed by atoms with E-state index in [0.717, 1.165) is 5.56 Å². The van der Waals surface area contributed by atoms with Crippen molar-refractivity contribution < 1.29 is 19.1 Å². The Morgan fingerprint density at radius 3 is 2.68 bits per heavy atom. The third kappa shape index (κ3) is 4.20. The second-order valence-corrected chi connectivity index (χ2v) is 6.64. The van der Waals surface area contributed by atoms with Crippen molar-refractivity contribution in [3.8, 4) is 0 Å². The van der Waals surface area contributed by atoms with Crippen molar-refractivity contribution in [1.82, 2.24) is 0 Å². The molecule has 0 saturated carbocycles. The Kier molecular flexibility index (Phi) is 5.75. The van der Waals surface area contributed by atoms with Crippen LogP contribution in [-0.2, 0) is 14.3 Å². The lowest BCUT2D eigenvalue weighted by Crippen LogP contribution is -2.36. The normalized spacial score (nSPS) is 13.8. The number of benzene rings is 2. The van der Waals surface area contributed by atoms with Gasteiger partial charge >= 0.3 is 5.97 Å². The van der Waals surface area contributed by atoms with Gasteiger partial charge in [0.2, 0.25) is 5.91 Å². The van der Waals surface area contributed by atoms with Crippen LogP contribution in [0.1, 0.15) is 28.8 Å². The fourth-order valence-electron chi connectivity index (χ4n) is 2.75. The minimum Gasteiger partial charge on any atom is -0.465 e. The van der Waals surface area contributed by atoms with Gasteiger partial charge < -0.3 is 10.1 Å². The summed E-state index contributed by atoms with van der Waals surface area (Å²) in [4.78, 5) is 36.6. The average molecular weight is 400 g/mol. The van der Waals surface area contributed by atoms with Crippen molar-refractivity contribution in [3.05, 3.63) is 58.6 Å². The van der Waals surface area contributed by atoms with E-state index in [1.54, 1.807) is 12.1 Å². The zero-order chi connectivity index (χ0) is 20.3. The first-order valence-corrected chi connectivity index (χ1v) is 8.93. The number of anilines is 2. The molecule has 7 nitrogen and oxygen atoms in total. The number of aryl methyl sites for hydroxylation is 1. The van der Waals surface area contributed by atoms with E-state index < -0.39 is 11.9 Å². The van der Waals surface area contributed by atoms with Gasteiger partial charge in [-0.15, -0.1) is 0 Å². The Morgan fingerprint density at radius 1 is 1.18 bits per heavy atom. The largest absolute Gasteiger partial charge is 0.465 e. The summed E-state index contributed by atoms with van der Waals surface area (Å²) in [6.45, 7) is 1.91. The number of amides is 2. The number of ether oxygens (including phenoxy) is 1. The van der Waals surface area contributed by atoms with Gasteiger partial charge in [-0.25, -0.2) is 9.80 Å². The fourth-order valence-corrected chi connectivity index (χ4v) is 2.95. The van der Waals surface area contributed by atoms with Gasteiger partial charge in [-0.3, -0.25) is 9.59 Å².